The topological polar surface area (TPSA) is 0 Å². The molecule has 0 saturated carbocycles. The van der Waals surface area contributed by atoms with Crippen LogP contribution in [0.15, 0.2) is 0 Å². The van der Waals surface area contributed by atoms with E-state index in [1.165, 1.54) is 32.1 Å². The summed E-state index contributed by atoms with van der Waals surface area (Å²) in [4.78, 5) is 0. The monoisotopic (exact) mass is 143 g/mol. The Balaban J connectivity index is 0. The van der Waals surface area contributed by atoms with E-state index < -0.39 is 0 Å². The van der Waals surface area contributed by atoms with Gasteiger partial charge >= 0.3 is 0 Å². The lowest BCUT2D eigenvalue weighted by molar-refractivity contribution is 0.699. The van der Waals surface area contributed by atoms with Crippen LogP contribution in [-0.2, 0) is 0 Å². The van der Waals surface area contributed by atoms with Gasteiger partial charge in [-0.1, -0.05) is 46.0 Å². The zero-order chi connectivity index (χ0) is 6.24. The second-order valence-electron chi connectivity index (χ2n) is 2.19. The molecule has 0 aliphatic heterocycles. The van der Waals surface area contributed by atoms with Crippen molar-refractivity contribution in [2.45, 2.75) is 46.0 Å². The van der Waals surface area contributed by atoms with E-state index in [-0.39, 0.29) is 17.4 Å². The average Bonchev–Trinajstić information content (AvgIpc) is 1.81. The second kappa shape index (κ2) is 11.3. The highest BCUT2D eigenvalue weighted by Crippen LogP contribution is 2.02. The van der Waals surface area contributed by atoms with Gasteiger partial charge in [0.25, 0.3) is 0 Å². The molecule has 0 bridgehead atoms. The van der Waals surface area contributed by atoms with Gasteiger partial charge in [0, 0.05) is 0 Å². The van der Waals surface area contributed by atoms with Crippen LogP contribution in [0.25, 0.3) is 0 Å². The molecule has 0 N–H and O–H groups in total. The first kappa shape index (κ1) is 12.2. The molecule has 0 atom stereocenters. The van der Waals surface area contributed by atoms with Gasteiger partial charge in [-0.3, -0.25) is 0 Å². The Bertz CT molecular complexity index is 29.5. The van der Waals surface area contributed by atoms with Crippen molar-refractivity contribution >= 4 is 17.4 Å². The van der Waals surface area contributed by atoms with Gasteiger partial charge in [-0.2, -0.15) is 0 Å². The Morgan fingerprint density at radius 1 is 1.11 bits per heavy atom. The summed E-state index contributed by atoms with van der Waals surface area (Å²) in [6, 6.07) is 0. The van der Waals surface area contributed by atoms with Crippen molar-refractivity contribution in [3.63, 3.8) is 0 Å². The lowest BCUT2D eigenvalue weighted by Crippen LogP contribution is -1.75. The van der Waals surface area contributed by atoms with E-state index in [4.69, 9.17) is 0 Å². The summed E-state index contributed by atoms with van der Waals surface area (Å²) in [6.07, 6.45) is 9.06. The van der Waals surface area contributed by atoms with Crippen LogP contribution >= 0.6 is 0 Å². The van der Waals surface area contributed by atoms with Crippen LogP contribution in [0.4, 0.5) is 0 Å². The Labute approximate surface area is 70.2 Å². The lowest BCUT2D eigenvalue weighted by atomic mass is 10.1. The van der Waals surface area contributed by atoms with E-state index in [9.17, 15) is 0 Å². The average molecular weight is 143 g/mol. The molecular weight excluding hydrogens is 123 g/mol. The summed E-state index contributed by atoms with van der Waals surface area (Å²) in [7, 11) is 0. The molecule has 0 aromatic rings. The molecule has 0 aliphatic rings. The Kier molecular flexibility index (Phi) is 15.4. The first-order valence-corrected chi connectivity index (χ1v) is 3.73. The molecule has 0 aromatic carbocycles. The molecular formula is C8H20Al. The highest BCUT2D eigenvalue weighted by molar-refractivity contribution is 5.75. The molecule has 0 heterocycles. The Hall–Kier alpha value is 0.532. The highest BCUT2D eigenvalue weighted by atomic mass is 27.0. The summed E-state index contributed by atoms with van der Waals surface area (Å²) >= 11 is 0. The summed E-state index contributed by atoms with van der Waals surface area (Å²) < 4.78 is 0. The molecule has 0 saturated heterocycles. The number of unbranched alkanes of at least 4 members (excludes halogenated alkanes) is 5. The molecule has 1 heteroatoms. The standard InChI is InChI=1S/C8H17.Al.3H/c1-3-5-7-8-6-4-2;;;;/h5H,3-4,6-8H2,1-2H3;;;;. The van der Waals surface area contributed by atoms with E-state index in [2.05, 4.69) is 20.3 Å². The maximum Gasteiger partial charge on any atom is 0.187 e. The van der Waals surface area contributed by atoms with Gasteiger partial charge in [-0.15, -0.1) is 0 Å². The smallest absolute Gasteiger partial charge is 0.0654 e. The lowest BCUT2D eigenvalue weighted by Gasteiger charge is -1.93. The molecule has 0 unspecified atom stereocenters. The van der Waals surface area contributed by atoms with E-state index >= 15 is 0 Å². The maximum absolute atomic E-state index is 2.36. The minimum atomic E-state index is 0. The fourth-order valence-corrected chi connectivity index (χ4v) is 0.743. The number of hydrogen-bond acceptors (Lipinski definition) is 0. The van der Waals surface area contributed by atoms with Gasteiger partial charge in [0.05, 0.1) is 0 Å². The van der Waals surface area contributed by atoms with Gasteiger partial charge < -0.3 is 0 Å². The maximum atomic E-state index is 2.36. The molecule has 0 aromatic heterocycles. The third-order valence-electron chi connectivity index (χ3n) is 1.30. The molecule has 9 heavy (non-hydrogen) atoms. The summed E-state index contributed by atoms with van der Waals surface area (Å²) in [5, 5.41) is 0. The van der Waals surface area contributed by atoms with Gasteiger partial charge in [-0.25, -0.2) is 0 Å². The zero-order valence-electron chi connectivity index (χ0n) is 6.11. The van der Waals surface area contributed by atoms with Crippen LogP contribution < -0.4 is 0 Å². The first-order chi connectivity index (χ1) is 3.91. The van der Waals surface area contributed by atoms with Crippen molar-refractivity contribution in [1.82, 2.24) is 0 Å². The van der Waals surface area contributed by atoms with Crippen molar-refractivity contribution in [2.75, 3.05) is 0 Å². The van der Waals surface area contributed by atoms with Crippen LogP contribution in [0.2, 0.25) is 0 Å². The fraction of sp³-hybridized carbons (Fsp3) is 0.875. The largest absolute Gasteiger partial charge is 0.187 e. The minimum absolute atomic E-state index is 0. The van der Waals surface area contributed by atoms with E-state index in [1.54, 1.807) is 0 Å². The van der Waals surface area contributed by atoms with Gasteiger partial charge in [0.2, 0.25) is 0 Å². The SMILES string of the molecule is CC[CH]CCCCC.[AlH3]. The van der Waals surface area contributed by atoms with E-state index in [0.717, 1.165) is 0 Å². The fourth-order valence-electron chi connectivity index (χ4n) is 0.743. The third-order valence-corrected chi connectivity index (χ3v) is 1.30. The number of hydrogen-bond donors (Lipinski definition) is 0. The summed E-state index contributed by atoms with van der Waals surface area (Å²) in [6.45, 7) is 4.44. The first-order valence-electron chi connectivity index (χ1n) is 3.73. The number of rotatable bonds is 5. The van der Waals surface area contributed by atoms with Crippen LogP contribution in [0.5, 0.6) is 0 Å². The van der Waals surface area contributed by atoms with E-state index in [1.807, 2.05) is 0 Å². The van der Waals surface area contributed by atoms with Crippen LogP contribution in [-0.4, -0.2) is 17.4 Å². The van der Waals surface area contributed by atoms with Gasteiger partial charge in [0.15, 0.2) is 17.4 Å². The quantitative estimate of drug-likeness (QED) is 0.408. The molecule has 0 fully saturated rings. The Morgan fingerprint density at radius 2 is 1.78 bits per heavy atom. The van der Waals surface area contributed by atoms with Crippen molar-refractivity contribution in [1.29, 1.82) is 0 Å². The van der Waals surface area contributed by atoms with Crippen molar-refractivity contribution < 1.29 is 0 Å². The molecule has 0 amide bonds. The molecule has 0 rings (SSSR count). The summed E-state index contributed by atoms with van der Waals surface area (Å²) in [5.41, 5.74) is 0. The second-order valence-corrected chi connectivity index (χ2v) is 2.19. The predicted octanol–water partition coefficient (Wildman–Crippen LogP) is 2.00. The van der Waals surface area contributed by atoms with Crippen LogP contribution in [0, 0.1) is 6.42 Å². The van der Waals surface area contributed by atoms with Crippen molar-refractivity contribution in [3.8, 4) is 0 Å². The molecule has 55 valence electrons. The minimum Gasteiger partial charge on any atom is -0.0654 e. The molecule has 0 spiro atoms. The molecule has 0 aliphatic carbocycles. The van der Waals surface area contributed by atoms with Gasteiger partial charge in [-0.05, 0) is 6.42 Å². The Morgan fingerprint density at radius 3 is 2.22 bits per heavy atom. The van der Waals surface area contributed by atoms with E-state index in [0.29, 0.717) is 0 Å². The predicted molar refractivity (Wildman–Crippen MR) is 48.7 cm³/mol. The van der Waals surface area contributed by atoms with Crippen molar-refractivity contribution in [3.05, 3.63) is 6.42 Å². The normalized spacial score (nSPS) is 8.67. The van der Waals surface area contributed by atoms with Gasteiger partial charge in [0.1, 0.15) is 0 Å². The van der Waals surface area contributed by atoms with Crippen LogP contribution in [0.3, 0.4) is 0 Å². The third kappa shape index (κ3) is 11.9. The van der Waals surface area contributed by atoms with Crippen molar-refractivity contribution in [2.24, 2.45) is 0 Å². The molecule has 1 radical (unpaired) electrons. The summed E-state index contributed by atoms with van der Waals surface area (Å²) in [5.74, 6) is 0. The zero-order valence-corrected chi connectivity index (χ0v) is 6.11. The van der Waals surface area contributed by atoms with Crippen LogP contribution in [0.1, 0.15) is 46.0 Å². The molecule has 0 nitrogen and oxygen atoms in total. The highest BCUT2D eigenvalue weighted by Gasteiger charge is 1.83.